The van der Waals surface area contributed by atoms with Crippen LogP contribution in [0, 0.1) is 0 Å². The van der Waals surface area contributed by atoms with Crippen LogP contribution in [0.3, 0.4) is 0 Å². The average Bonchev–Trinajstić information content (AvgIpc) is 2.81. The Kier molecular flexibility index (Phi) is 5.19. The average molecular weight is 310 g/mol. The molecule has 108 valence electrons. The van der Waals surface area contributed by atoms with Crippen LogP contribution in [0.1, 0.15) is 32.3 Å². The lowest BCUT2D eigenvalue weighted by atomic mass is 10.1. The molecule has 0 bridgehead atoms. The van der Waals surface area contributed by atoms with Crippen LogP contribution in [0.5, 0.6) is 0 Å². The van der Waals surface area contributed by atoms with E-state index in [0.29, 0.717) is 0 Å². The topological polar surface area (TPSA) is 25.2 Å². The lowest BCUT2D eigenvalue weighted by Crippen LogP contribution is -2.34. The standard InChI is InChI=1S/C16H20ClNOS/c1-16(2,3)18-10-13-7-8-14(19-13)11-20-15-6-4-5-12(17)9-15/h4-9,18H,10-11H2,1-3H3. The molecule has 1 heterocycles. The minimum absolute atomic E-state index is 0.0997. The van der Waals surface area contributed by atoms with Gasteiger partial charge in [0.1, 0.15) is 11.5 Å². The third kappa shape index (κ3) is 5.23. The lowest BCUT2D eigenvalue weighted by molar-refractivity contribution is 0.382. The fourth-order valence-corrected chi connectivity index (χ4v) is 2.76. The highest BCUT2D eigenvalue weighted by molar-refractivity contribution is 7.98. The molecule has 0 atom stereocenters. The summed E-state index contributed by atoms with van der Waals surface area (Å²) >= 11 is 7.70. The van der Waals surface area contributed by atoms with Crippen LogP contribution in [0.15, 0.2) is 45.7 Å². The Labute approximate surface area is 129 Å². The van der Waals surface area contributed by atoms with Crippen LogP contribution in [0.25, 0.3) is 0 Å². The minimum atomic E-state index is 0.0997. The molecular weight excluding hydrogens is 290 g/mol. The predicted molar refractivity (Wildman–Crippen MR) is 86.3 cm³/mol. The van der Waals surface area contributed by atoms with E-state index in [9.17, 15) is 0 Å². The van der Waals surface area contributed by atoms with Gasteiger partial charge in [-0.25, -0.2) is 0 Å². The van der Waals surface area contributed by atoms with Gasteiger partial charge in [-0.1, -0.05) is 17.7 Å². The highest BCUT2D eigenvalue weighted by Gasteiger charge is 2.10. The van der Waals surface area contributed by atoms with Crippen molar-refractivity contribution in [2.75, 3.05) is 0 Å². The van der Waals surface area contributed by atoms with Crippen molar-refractivity contribution >= 4 is 23.4 Å². The largest absolute Gasteiger partial charge is 0.464 e. The van der Waals surface area contributed by atoms with Crippen LogP contribution >= 0.6 is 23.4 Å². The van der Waals surface area contributed by atoms with Gasteiger partial charge >= 0.3 is 0 Å². The molecule has 20 heavy (non-hydrogen) atoms. The first-order valence-electron chi connectivity index (χ1n) is 6.63. The van der Waals surface area contributed by atoms with Crippen molar-refractivity contribution in [1.29, 1.82) is 0 Å². The van der Waals surface area contributed by atoms with Crippen LogP contribution in [0.4, 0.5) is 0 Å². The molecule has 2 aromatic rings. The van der Waals surface area contributed by atoms with Crippen LogP contribution in [-0.2, 0) is 12.3 Å². The Morgan fingerprint density at radius 2 is 1.90 bits per heavy atom. The minimum Gasteiger partial charge on any atom is -0.464 e. The highest BCUT2D eigenvalue weighted by atomic mass is 35.5. The van der Waals surface area contributed by atoms with Crippen LogP contribution < -0.4 is 5.32 Å². The third-order valence-corrected chi connectivity index (χ3v) is 3.94. The molecule has 0 radical (unpaired) electrons. The van der Waals surface area contributed by atoms with Gasteiger partial charge in [0.25, 0.3) is 0 Å². The Morgan fingerprint density at radius 3 is 2.60 bits per heavy atom. The molecule has 0 aliphatic rings. The summed E-state index contributed by atoms with van der Waals surface area (Å²) in [7, 11) is 0. The molecule has 0 spiro atoms. The summed E-state index contributed by atoms with van der Waals surface area (Å²) in [6, 6.07) is 11.9. The molecular formula is C16H20ClNOS. The summed E-state index contributed by atoms with van der Waals surface area (Å²) in [5.41, 5.74) is 0.0997. The first kappa shape index (κ1) is 15.5. The quantitative estimate of drug-likeness (QED) is 0.777. The van der Waals surface area contributed by atoms with Crippen molar-refractivity contribution in [1.82, 2.24) is 5.32 Å². The summed E-state index contributed by atoms with van der Waals surface area (Å²) in [6.07, 6.45) is 0. The molecule has 0 saturated carbocycles. The Bertz CT molecular complexity index is 560. The number of benzene rings is 1. The first-order valence-corrected chi connectivity index (χ1v) is 8.00. The van der Waals surface area contributed by atoms with Crippen molar-refractivity contribution in [3.63, 3.8) is 0 Å². The first-order chi connectivity index (χ1) is 9.42. The second-order valence-corrected chi connectivity index (χ2v) is 7.20. The monoisotopic (exact) mass is 309 g/mol. The second kappa shape index (κ2) is 6.70. The number of thioether (sulfide) groups is 1. The third-order valence-electron chi connectivity index (χ3n) is 2.69. The number of halogens is 1. The lowest BCUT2D eigenvalue weighted by Gasteiger charge is -2.19. The van der Waals surface area contributed by atoms with E-state index < -0.39 is 0 Å². The molecule has 0 unspecified atom stereocenters. The molecule has 0 saturated heterocycles. The van der Waals surface area contributed by atoms with Crippen molar-refractivity contribution in [3.05, 3.63) is 52.9 Å². The van der Waals surface area contributed by atoms with E-state index in [4.69, 9.17) is 16.0 Å². The van der Waals surface area contributed by atoms with Gasteiger partial charge in [0.15, 0.2) is 0 Å². The van der Waals surface area contributed by atoms with Crippen molar-refractivity contribution in [2.24, 2.45) is 0 Å². The fraction of sp³-hybridized carbons (Fsp3) is 0.375. The van der Waals surface area contributed by atoms with Crippen molar-refractivity contribution in [2.45, 2.75) is 43.5 Å². The normalized spacial score (nSPS) is 11.8. The Morgan fingerprint density at radius 1 is 1.15 bits per heavy atom. The smallest absolute Gasteiger partial charge is 0.118 e. The summed E-state index contributed by atoms with van der Waals surface area (Å²) in [5, 5.41) is 4.18. The van der Waals surface area contributed by atoms with Gasteiger partial charge in [-0.3, -0.25) is 0 Å². The van der Waals surface area contributed by atoms with E-state index >= 15 is 0 Å². The number of rotatable bonds is 5. The summed E-state index contributed by atoms with van der Waals surface area (Å²) in [6.45, 7) is 7.19. The molecule has 0 aliphatic carbocycles. The molecule has 4 heteroatoms. The number of hydrogen-bond acceptors (Lipinski definition) is 3. The zero-order valence-corrected chi connectivity index (χ0v) is 13.6. The maximum absolute atomic E-state index is 5.97. The van der Waals surface area contributed by atoms with Gasteiger partial charge in [-0.2, -0.15) is 0 Å². The zero-order valence-electron chi connectivity index (χ0n) is 12.1. The number of furan rings is 1. The summed E-state index contributed by atoms with van der Waals surface area (Å²) < 4.78 is 5.81. The van der Waals surface area contributed by atoms with Gasteiger partial charge in [0, 0.05) is 15.5 Å². The highest BCUT2D eigenvalue weighted by Crippen LogP contribution is 2.26. The van der Waals surface area contributed by atoms with E-state index in [0.717, 1.165) is 33.7 Å². The van der Waals surface area contributed by atoms with Gasteiger partial charge in [0.2, 0.25) is 0 Å². The number of hydrogen-bond donors (Lipinski definition) is 1. The predicted octanol–water partition coefficient (Wildman–Crippen LogP) is 5.11. The van der Waals surface area contributed by atoms with E-state index in [-0.39, 0.29) is 5.54 Å². The van der Waals surface area contributed by atoms with E-state index in [1.165, 1.54) is 0 Å². The SMILES string of the molecule is CC(C)(C)NCc1ccc(CSc2cccc(Cl)c2)o1. The van der Waals surface area contributed by atoms with E-state index in [1.807, 2.05) is 30.3 Å². The summed E-state index contributed by atoms with van der Waals surface area (Å²) in [5.74, 6) is 2.78. The van der Waals surface area contributed by atoms with Gasteiger partial charge in [0.05, 0.1) is 12.3 Å². The van der Waals surface area contributed by atoms with Gasteiger partial charge < -0.3 is 9.73 Å². The fourth-order valence-electron chi connectivity index (χ4n) is 1.66. The molecule has 0 fully saturated rings. The Hall–Kier alpha value is -0.900. The molecule has 2 nitrogen and oxygen atoms in total. The molecule has 1 aromatic carbocycles. The van der Waals surface area contributed by atoms with E-state index in [2.05, 4.69) is 32.2 Å². The zero-order chi connectivity index (χ0) is 14.6. The second-order valence-electron chi connectivity index (χ2n) is 5.72. The molecule has 0 amide bonds. The Balaban J connectivity index is 1.87. The van der Waals surface area contributed by atoms with E-state index in [1.54, 1.807) is 11.8 Å². The van der Waals surface area contributed by atoms with Crippen molar-refractivity contribution < 1.29 is 4.42 Å². The molecule has 0 aliphatic heterocycles. The van der Waals surface area contributed by atoms with Crippen LogP contribution in [-0.4, -0.2) is 5.54 Å². The molecule has 1 aromatic heterocycles. The van der Waals surface area contributed by atoms with Crippen LogP contribution in [0.2, 0.25) is 5.02 Å². The molecule has 2 rings (SSSR count). The number of nitrogens with one attached hydrogen (secondary N) is 1. The maximum Gasteiger partial charge on any atom is 0.118 e. The maximum atomic E-state index is 5.97. The summed E-state index contributed by atoms with van der Waals surface area (Å²) in [4.78, 5) is 1.16. The molecule has 1 N–H and O–H groups in total. The van der Waals surface area contributed by atoms with Gasteiger partial charge in [-0.05, 0) is 51.1 Å². The van der Waals surface area contributed by atoms with Crippen molar-refractivity contribution in [3.8, 4) is 0 Å². The van der Waals surface area contributed by atoms with Gasteiger partial charge in [-0.15, -0.1) is 11.8 Å².